The first-order valence-corrected chi connectivity index (χ1v) is 7.93. The number of hydrogen-bond acceptors (Lipinski definition) is 5. The van der Waals surface area contributed by atoms with Crippen LogP contribution >= 0.6 is 0 Å². The molecule has 0 aliphatic carbocycles. The molecule has 26 heavy (non-hydrogen) atoms. The van der Waals surface area contributed by atoms with E-state index < -0.39 is 23.8 Å². The van der Waals surface area contributed by atoms with Gasteiger partial charge in [0.2, 0.25) is 5.91 Å². The largest absolute Gasteiger partial charge is 0.497 e. The van der Waals surface area contributed by atoms with Crippen LogP contribution in [0, 0.1) is 12.8 Å². The Morgan fingerprint density at radius 2 is 1.85 bits per heavy atom. The second-order valence-corrected chi connectivity index (χ2v) is 5.76. The van der Waals surface area contributed by atoms with Crippen molar-refractivity contribution in [3.8, 4) is 5.75 Å². The van der Waals surface area contributed by atoms with E-state index >= 15 is 0 Å². The van der Waals surface area contributed by atoms with E-state index in [4.69, 9.17) is 4.74 Å². The minimum Gasteiger partial charge on any atom is -0.497 e. The van der Waals surface area contributed by atoms with Gasteiger partial charge in [-0.2, -0.15) is 0 Å². The molecule has 0 aromatic heterocycles. The normalized spacial score (nSPS) is 17.5. The molecule has 1 aliphatic heterocycles. The number of aliphatic imine (C=N–C) groups is 1. The van der Waals surface area contributed by atoms with E-state index in [1.807, 2.05) is 19.1 Å². The topological polar surface area (TPSA) is 88.1 Å². The van der Waals surface area contributed by atoms with E-state index in [1.54, 1.807) is 36.4 Å². The first-order chi connectivity index (χ1) is 12.5. The number of barbiturate groups is 1. The van der Waals surface area contributed by atoms with Gasteiger partial charge >= 0.3 is 6.03 Å². The molecule has 1 N–H and O–H groups in total. The first-order valence-electron chi connectivity index (χ1n) is 7.93. The average molecular weight is 351 g/mol. The molecule has 0 unspecified atom stereocenters. The Bertz CT molecular complexity index is 890. The number of rotatable bonds is 4. The smallest absolute Gasteiger partial charge is 0.335 e. The van der Waals surface area contributed by atoms with E-state index in [2.05, 4.69) is 10.3 Å². The van der Waals surface area contributed by atoms with Crippen molar-refractivity contribution in [2.45, 2.75) is 6.92 Å². The molecule has 1 heterocycles. The quantitative estimate of drug-likeness (QED) is 0.677. The van der Waals surface area contributed by atoms with Crippen molar-refractivity contribution in [3.05, 3.63) is 54.1 Å². The molecule has 3 rings (SSSR count). The highest BCUT2D eigenvalue weighted by molar-refractivity contribution is 6.32. The van der Waals surface area contributed by atoms with Gasteiger partial charge in [0, 0.05) is 12.3 Å². The molecule has 7 nitrogen and oxygen atoms in total. The zero-order valence-corrected chi connectivity index (χ0v) is 14.3. The number of amides is 4. The molecule has 0 bridgehead atoms. The van der Waals surface area contributed by atoms with Crippen molar-refractivity contribution >= 4 is 35.4 Å². The van der Waals surface area contributed by atoms with Crippen LogP contribution in [0.5, 0.6) is 5.75 Å². The molecule has 0 saturated carbocycles. The Balaban J connectivity index is 1.88. The Kier molecular flexibility index (Phi) is 4.79. The number of ether oxygens (including phenoxy) is 1. The Morgan fingerprint density at radius 3 is 2.54 bits per heavy atom. The highest BCUT2D eigenvalue weighted by Gasteiger charge is 2.40. The second-order valence-electron chi connectivity index (χ2n) is 5.76. The maximum absolute atomic E-state index is 12.7. The Morgan fingerprint density at radius 1 is 1.12 bits per heavy atom. The van der Waals surface area contributed by atoms with Crippen LogP contribution in [0.3, 0.4) is 0 Å². The second kappa shape index (κ2) is 7.18. The van der Waals surface area contributed by atoms with Crippen LogP contribution in [0.2, 0.25) is 0 Å². The molecule has 1 fully saturated rings. The van der Waals surface area contributed by atoms with Gasteiger partial charge in [0.15, 0.2) is 5.92 Å². The SMILES string of the molecule is COc1cccc(N2C(=O)NC(=O)[C@H](C=Nc3ccc(C)cc3)C2=O)c1. The molecule has 132 valence electrons. The summed E-state index contributed by atoms with van der Waals surface area (Å²) in [6, 6.07) is 13.0. The van der Waals surface area contributed by atoms with E-state index in [1.165, 1.54) is 13.3 Å². The van der Waals surface area contributed by atoms with Crippen LogP contribution in [0.4, 0.5) is 16.2 Å². The van der Waals surface area contributed by atoms with Gasteiger partial charge in [-0.3, -0.25) is 19.9 Å². The molecule has 1 aliphatic rings. The maximum atomic E-state index is 12.7. The van der Waals surface area contributed by atoms with Crippen molar-refractivity contribution in [3.63, 3.8) is 0 Å². The van der Waals surface area contributed by atoms with Gasteiger partial charge in [-0.1, -0.05) is 23.8 Å². The summed E-state index contributed by atoms with van der Waals surface area (Å²) >= 11 is 0. The summed E-state index contributed by atoms with van der Waals surface area (Å²) in [7, 11) is 1.48. The number of hydrogen-bond donors (Lipinski definition) is 1. The monoisotopic (exact) mass is 351 g/mol. The predicted molar refractivity (Wildman–Crippen MR) is 96.8 cm³/mol. The predicted octanol–water partition coefficient (Wildman–Crippen LogP) is 2.61. The van der Waals surface area contributed by atoms with Gasteiger partial charge < -0.3 is 4.74 Å². The van der Waals surface area contributed by atoms with Gasteiger partial charge in [-0.15, -0.1) is 0 Å². The molecule has 2 aromatic rings. The van der Waals surface area contributed by atoms with Crippen LogP contribution in [-0.4, -0.2) is 31.2 Å². The zero-order valence-electron chi connectivity index (χ0n) is 14.3. The summed E-state index contributed by atoms with van der Waals surface area (Å²) in [4.78, 5) is 42.1. The minimum atomic E-state index is -1.19. The van der Waals surface area contributed by atoms with Gasteiger partial charge in [-0.25, -0.2) is 9.69 Å². The first kappa shape index (κ1) is 17.3. The summed E-state index contributed by atoms with van der Waals surface area (Å²) in [6.45, 7) is 1.95. The number of nitrogens with zero attached hydrogens (tertiary/aromatic N) is 2. The number of benzene rings is 2. The standard InChI is InChI=1S/C19H17N3O4/c1-12-6-8-13(9-7-12)20-11-16-17(23)21-19(25)22(18(16)24)14-4-3-5-15(10-14)26-2/h3-11,16H,1-2H3,(H,21,23,25)/t16-/m0/s1. The maximum Gasteiger partial charge on any atom is 0.335 e. The third kappa shape index (κ3) is 3.46. The number of imide groups is 2. The number of nitrogens with one attached hydrogen (secondary N) is 1. The summed E-state index contributed by atoms with van der Waals surface area (Å²) in [5, 5.41) is 2.19. The van der Waals surface area contributed by atoms with Crippen LogP contribution in [0.1, 0.15) is 5.56 Å². The van der Waals surface area contributed by atoms with Crippen LogP contribution in [0.15, 0.2) is 53.5 Å². The van der Waals surface area contributed by atoms with E-state index in [0.717, 1.165) is 10.5 Å². The number of aryl methyl sites for hydroxylation is 1. The molecule has 0 spiro atoms. The summed E-state index contributed by atoms with van der Waals surface area (Å²) < 4.78 is 5.12. The molecule has 7 heteroatoms. The number of carbonyl (C=O) groups excluding carboxylic acids is 3. The molecule has 1 saturated heterocycles. The molecular formula is C19H17N3O4. The van der Waals surface area contributed by atoms with Gasteiger partial charge in [0.1, 0.15) is 5.75 Å². The lowest BCUT2D eigenvalue weighted by Gasteiger charge is -2.28. The lowest BCUT2D eigenvalue weighted by molar-refractivity contribution is -0.131. The lowest BCUT2D eigenvalue weighted by atomic mass is 10.1. The van der Waals surface area contributed by atoms with Crippen molar-refractivity contribution < 1.29 is 19.1 Å². The third-order valence-electron chi connectivity index (χ3n) is 3.92. The average Bonchev–Trinajstić information content (AvgIpc) is 2.63. The highest BCUT2D eigenvalue weighted by Crippen LogP contribution is 2.24. The molecular weight excluding hydrogens is 334 g/mol. The van der Waals surface area contributed by atoms with Gasteiger partial charge in [-0.05, 0) is 31.2 Å². The van der Waals surface area contributed by atoms with Crippen molar-refractivity contribution in [1.29, 1.82) is 0 Å². The fraction of sp³-hybridized carbons (Fsp3) is 0.158. The van der Waals surface area contributed by atoms with Gasteiger partial charge in [0.05, 0.1) is 18.5 Å². The number of methoxy groups -OCH3 is 1. The molecule has 4 amide bonds. The van der Waals surface area contributed by atoms with Crippen LogP contribution in [0.25, 0.3) is 0 Å². The minimum absolute atomic E-state index is 0.313. The van der Waals surface area contributed by atoms with E-state index in [-0.39, 0.29) is 0 Å². The van der Waals surface area contributed by atoms with Crippen LogP contribution < -0.4 is 15.0 Å². The fourth-order valence-corrected chi connectivity index (χ4v) is 2.51. The van der Waals surface area contributed by atoms with Crippen molar-refractivity contribution in [2.75, 3.05) is 12.0 Å². The summed E-state index contributed by atoms with van der Waals surface area (Å²) in [5.41, 5.74) is 2.00. The summed E-state index contributed by atoms with van der Waals surface area (Å²) in [6.07, 6.45) is 1.25. The van der Waals surface area contributed by atoms with Crippen molar-refractivity contribution in [2.24, 2.45) is 10.9 Å². The molecule has 2 aromatic carbocycles. The number of urea groups is 1. The zero-order chi connectivity index (χ0) is 18.7. The van der Waals surface area contributed by atoms with E-state index in [9.17, 15) is 14.4 Å². The third-order valence-corrected chi connectivity index (χ3v) is 3.92. The lowest BCUT2D eigenvalue weighted by Crippen LogP contribution is -2.58. The fourth-order valence-electron chi connectivity index (χ4n) is 2.51. The molecule has 1 atom stereocenters. The van der Waals surface area contributed by atoms with Gasteiger partial charge in [0.25, 0.3) is 5.91 Å². The molecule has 0 radical (unpaired) electrons. The summed E-state index contributed by atoms with van der Waals surface area (Å²) in [5.74, 6) is -2.07. The number of carbonyl (C=O) groups is 3. The highest BCUT2D eigenvalue weighted by atomic mass is 16.5. The van der Waals surface area contributed by atoms with E-state index in [0.29, 0.717) is 17.1 Å². The Hall–Kier alpha value is -3.48. The Labute approximate surface area is 150 Å². The van der Waals surface area contributed by atoms with Crippen molar-refractivity contribution in [1.82, 2.24) is 5.32 Å². The van der Waals surface area contributed by atoms with Crippen LogP contribution in [-0.2, 0) is 9.59 Å². The number of anilines is 1.